The van der Waals surface area contributed by atoms with E-state index in [2.05, 4.69) is 9.72 Å². The molecule has 2 rings (SSSR count). The predicted octanol–water partition coefficient (Wildman–Crippen LogP) is 3.32. The highest BCUT2D eigenvalue weighted by molar-refractivity contribution is 6.07. The fourth-order valence-electron chi connectivity index (χ4n) is 1.92. The highest BCUT2D eigenvalue weighted by Gasteiger charge is 2.13. The zero-order valence-electron chi connectivity index (χ0n) is 14.9. The van der Waals surface area contributed by atoms with E-state index in [0.29, 0.717) is 11.3 Å². The molecule has 2 aromatic rings. The summed E-state index contributed by atoms with van der Waals surface area (Å²) in [5, 5.41) is 0. The minimum atomic E-state index is -0.725. The van der Waals surface area contributed by atoms with Crippen LogP contribution in [-0.4, -0.2) is 27.0 Å². The van der Waals surface area contributed by atoms with Crippen LogP contribution in [0.15, 0.2) is 36.8 Å². The van der Waals surface area contributed by atoms with Gasteiger partial charge in [-0.2, -0.15) is 0 Å². The summed E-state index contributed by atoms with van der Waals surface area (Å²) in [6.07, 6.45) is 2.57. The standard InChI is InChI=1S/C13H14N2O.C5H11NO2/c1-3-15-9-14-8-12(15)13(16)11-6-4-10(2)5-7-11;1-5(2,3)8-4(6)7/h4-9H,3H2,1-2H3;1-3H3,(H2,6,7). The maximum absolute atomic E-state index is 12.1. The van der Waals surface area contributed by atoms with E-state index in [9.17, 15) is 9.59 Å². The Bertz CT molecular complexity index is 682. The second kappa shape index (κ2) is 8.29. The van der Waals surface area contributed by atoms with E-state index < -0.39 is 11.7 Å². The van der Waals surface area contributed by atoms with Crippen molar-refractivity contribution in [3.05, 3.63) is 53.6 Å². The Morgan fingerprint density at radius 1 is 1.21 bits per heavy atom. The van der Waals surface area contributed by atoms with Crippen LogP contribution in [0.5, 0.6) is 0 Å². The van der Waals surface area contributed by atoms with E-state index in [1.165, 1.54) is 0 Å². The Kier molecular flexibility index (Phi) is 6.70. The van der Waals surface area contributed by atoms with E-state index >= 15 is 0 Å². The molecule has 24 heavy (non-hydrogen) atoms. The van der Waals surface area contributed by atoms with Crippen LogP contribution in [0, 0.1) is 6.92 Å². The molecule has 6 nitrogen and oxygen atoms in total. The summed E-state index contributed by atoms with van der Waals surface area (Å²) in [5.41, 5.74) is 6.77. The molecule has 130 valence electrons. The lowest BCUT2D eigenvalue weighted by atomic mass is 10.1. The minimum absolute atomic E-state index is 0.0272. The number of aromatic nitrogens is 2. The smallest absolute Gasteiger partial charge is 0.405 e. The van der Waals surface area contributed by atoms with Crippen LogP contribution in [0.1, 0.15) is 49.3 Å². The van der Waals surface area contributed by atoms with Crippen LogP contribution in [0.2, 0.25) is 0 Å². The van der Waals surface area contributed by atoms with Gasteiger partial charge in [0.1, 0.15) is 11.3 Å². The van der Waals surface area contributed by atoms with Gasteiger partial charge in [-0.25, -0.2) is 9.78 Å². The highest BCUT2D eigenvalue weighted by Crippen LogP contribution is 2.10. The SMILES string of the molecule is CC(C)(C)OC(N)=O.CCn1cncc1C(=O)c1ccc(C)cc1. The molecule has 0 spiro atoms. The highest BCUT2D eigenvalue weighted by atomic mass is 16.6. The lowest BCUT2D eigenvalue weighted by Crippen LogP contribution is -2.27. The van der Waals surface area contributed by atoms with Crippen molar-refractivity contribution in [2.75, 3.05) is 0 Å². The molecule has 0 aliphatic rings. The second-order valence-corrected chi connectivity index (χ2v) is 6.29. The third-order valence-electron chi connectivity index (χ3n) is 3.01. The predicted molar refractivity (Wildman–Crippen MR) is 92.9 cm³/mol. The first-order valence-corrected chi connectivity index (χ1v) is 7.74. The number of aryl methyl sites for hydroxylation is 2. The average molecular weight is 331 g/mol. The summed E-state index contributed by atoms with van der Waals surface area (Å²) >= 11 is 0. The first-order valence-electron chi connectivity index (χ1n) is 7.74. The maximum Gasteiger partial charge on any atom is 0.405 e. The number of carbonyl (C=O) groups excluding carboxylic acids is 2. The van der Waals surface area contributed by atoms with Gasteiger partial charge < -0.3 is 15.0 Å². The minimum Gasteiger partial charge on any atom is -0.444 e. The first kappa shape index (κ1) is 19.4. The van der Waals surface area contributed by atoms with Crippen molar-refractivity contribution in [3.63, 3.8) is 0 Å². The number of nitrogens with two attached hydrogens (primary N) is 1. The molecule has 1 amide bonds. The van der Waals surface area contributed by atoms with Crippen LogP contribution in [-0.2, 0) is 11.3 Å². The fraction of sp³-hybridized carbons (Fsp3) is 0.389. The summed E-state index contributed by atoms with van der Waals surface area (Å²) < 4.78 is 6.43. The van der Waals surface area contributed by atoms with E-state index in [1.54, 1.807) is 33.3 Å². The Balaban J connectivity index is 0.000000307. The third-order valence-corrected chi connectivity index (χ3v) is 3.01. The van der Waals surface area contributed by atoms with Gasteiger partial charge in [-0.15, -0.1) is 0 Å². The number of nitrogens with zero attached hydrogens (tertiary/aromatic N) is 2. The van der Waals surface area contributed by atoms with Crippen LogP contribution in [0.25, 0.3) is 0 Å². The van der Waals surface area contributed by atoms with Crippen LogP contribution in [0.3, 0.4) is 0 Å². The van der Waals surface area contributed by atoms with E-state index in [4.69, 9.17) is 5.73 Å². The normalized spacial score (nSPS) is 10.5. The van der Waals surface area contributed by atoms with Crippen molar-refractivity contribution in [2.24, 2.45) is 5.73 Å². The van der Waals surface area contributed by atoms with E-state index in [1.807, 2.05) is 42.7 Å². The van der Waals surface area contributed by atoms with Gasteiger partial charge in [-0.05, 0) is 34.6 Å². The lowest BCUT2D eigenvalue weighted by molar-refractivity contribution is 0.0600. The Morgan fingerprint density at radius 3 is 2.21 bits per heavy atom. The van der Waals surface area contributed by atoms with Crippen molar-refractivity contribution >= 4 is 11.9 Å². The number of benzene rings is 1. The topological polar surface area (TPSA) is 87.2 Å². The molecule has 2 N–H and O–H groups in total. The summed E-state index contributed by atoms with van der Waals surface area (Å²) in [7, 11) is 0. The molecule has 0 unspecified atom stereocenters. The quantitative estimate of drug-likeness (QED) is 0.874. The number of carbonyl (C=O) groups is 2. The number of primary amides is 1. The van der Waals surface area contributed by atoms with Crippen molar-refractivity contribution in [3.8, 4) is 0 Å². The van der Waals surface area contributed by atoms with Crippen LogP contribution in [0.4, 0.5) is 4.79 Å². The Hall–Kier alpha value is -2.63. The van der Waals surface area contributed by atoms with Crippen LogP contribution < -0.4 is 5.73 Å². The molecule has 0 aliphatic heterocycles. The van der Waals surface area contributed by atoms with Gasteiger partial charge in [0.05, 0.1) is 12.5 Å². The van der Waals surface area contributed by atoms with Gasteiger partial charge in [-0.1, -0.05) is 29.8 Å². The van der Waals surface area contributed by atoms with Crippen molar-refractivity contribution in [2.45, 2.75) is 46.8 Å². The summed E-state index contributed by atoms with van der Waals surface area (Å²) in [4.78, 5) is 26.2. The van der Waals surface area contributed by atoms with Gasteiger partial charge in [0.15, 0.2) is 0 Å². The third kappa shape index (κ3) is 6.24. The van der Waals surface area contributed by atoms with Crippen molar-refractivity contribution in [1.82, 2.24) is 9.55 Å². The summed E-state index contributed by atoms with van der Waals surface area (Å²) in [6, 6.07) is 7.59. The molecule has 6 heteroatoms. The average Bonchev–Trinajstić information content (AvgIpc) is 2.93. The largest absolute Gasteiger partial charge is 0.444 e. The zero-order chi connectivity index (χ0) is 18.3. The molecule has 0 saturated carbocycles. The number of ether oxygens (including phenoxy) is 1. The summed E-state index contributed by atoms with van der Waals surface area (Å²) in [6.45, 7) is 10.0. The molecule has 1 aromatic heterocycles. The van der Waals surface area contributed by atoms with Crippen LogP contribution >= 0.6 is 0 Å². The second-order valence-electron chi connectivity index (χ2n) is 6.29. The number of rotatable bonds is 3. The van der Waals surface area contributed by atoms with Gasteiger partial charge >= 0.3 is 6.09 Å². The number of imidazole rings is 1. The molecule has 0 saturated heterocycles. The van der Waals surface area contributed by atoms with E-state index in [0.717, 1.165) is 12.1 Å². The fourth-order valence-corrected chi connectivity index (χ4v) is 1.92. The Morgan fingerprint density at radius 2 is 1.79 bits per heavy atom. The van der Waals surface area contributed by atoms with Gasteiger partial charge in [0, 0.05) is 12.1 Å². The molecule has 1 aromatic carbocycles. The number of hydrogen-bond acceptors (Lipinski definition) is 4. The van der Waals surface area contributed by atoms with Gasteiger partial charge in [0.25, 0.3) is 0 Å². The molecule has 0 atom stereocenters. The summed E-state index contributed by atoms with van der Waals surface area (Å²) in [5.74, 6) is 0.0272. The monoisotopic (exact) mass is 331 g/mol. The molecule has 0 radical (unpaired) electrons. The molecule has 0 bridgehead atoms. The van der Waals surface area contributed by atoms with Gasteiger partial charge in [0.2, 0.25) is 5.78 Å². The van der Waals surface area contributed by atoms with Gasteiger partial charge in [-0.3, -0.25) is 4.79 Å². The number of ketones is 1. The lowest BCUT2D eigenvalue weighted by Gasteiger charge is -2.16. The van der Waals surface area contributed by atoms with Crippen molar-refractivity contribution in [1.29, 1.82) is 0 Å². The molecule has 0 fully saturated rings. The molecular weight excluding hydrogens is 306 g/mol. The van der Waals surface area contributed by atoms with Crippen molar-refractivity contribution < 1.29 is 14.3 Å². The number of amides is 1. The molecular formula is C18H25N3O3. The van der Waals surface area contributed by atoms with E-state index in [-0.39, 0.29) is 5.78 Å². The molecule has 0 aliphatic carbocycles. The number of hydrogen-bond donors (Lipinski definition) is 1. The zero-order valence-corrected chi connectivity index (χ0v) is 14.9. The first-order chi connectivity index (χ1) is 11.1. The Labute approximate surface area is 142 Å². The molecule has 1 heterocycles. The maximum atomic E-state index is 12.1.